The van der Waals surface area contributed by atoms with Gasteiger partial charge in [-0.15, -0.1) is 0 Å². The second-order valence-corrected chi connectivity index (χ2v) is 6.79. The molecular formula is C15H25ClN4. The van der Waals surface area contributed by atoms with Crippen LogP contribution >= 0.6 is 11.6 Å². The van der Waals surface area contributed by atoms with Crippen LogP contribution in [0.15, 0.2) is 0 Å². The summed E-state index contributed by atoms with van der Waals surface area (Å²) >= 11 is 6.51. The lowest BCUT2D eigenvalue weighted by atomic mass is 9.91. The molecule has 1 unspecified atom stereocenters. The van der Waals surface area contributed by atoms with E-state index in [0.717, 1.165) is 54.9 Å². The predicted molar refractivity (Wildman–Crippen MR) is 82.0 cm³/mol. The highest BCUT2D eigenvalue weighted by Gasteiger charge is 2.46. The van der Waals surface area contributed by atoms with Gasteiger partial charge in [0.2, 0.25) is 0 Å². The zero-order valence-corrected chi connectivity index (χ0v) is 13.5. The minimum absolute atomic E-state index is 0.276. The zero-order chi connectivity index (χ0) is 14.3. The number of nitrogens with zero attached hydrogens (tertiary/aromatic N) is 3. The van der Waals surface area contributed by atoms with Crippen LogP contribution in [0.2, 0.25) is 5.02 Å². The molecule has 0 aromatic carbocycles. The first-order chi connectivity index (χ1) is 9.56. The van der Waals surface area contributed by atoms with Gasteiger partial charge in [0.05, 0.1) is 16.4 Å². The Hall–Kier alpha value is -0.580. The monoisotopic (exact) mass is 296 g/mol. The van der Waals surface area contributed by atoms with Crippen LogP contribution in [0.3, 0.4) is 0 Å². The predicted octanol–water partition coefficient (Wildman–Crippen LogP) is 2.21. The number of aryl methyl sites for hydroxylation is 2. The van der Waals surface area contributed by atoms with Gasteiger partial charge in [-0.2, -0.15) is 5.10 Å². The first kappa shape index (κ1) is 14.4. The van der Waals surface area contributed by atoms with Gasteiger partial charge in [-0.1, -0.05) is 18.5 Å². The van der Waals surface area contributed by atoms with Crippen molar-refractivity contribution in [3.8, 4) is 0 Å². The maximum Gasteiger partial charge on any atom is 0.0863 e. The second-order valence-electron chi connectivity index (χ2n) is 6.41. The van der Waals surface area contributed by atoms with Gasteiger partial charge in [-0.25, -0.2) is 0 Å². The Morgan fingerprint density at radius 2 is 2.20 bits per heavy atom. The quantitative estimate of drug-likeness (QED) is 0.925. The summed E-state index contributed by atoms with van der Waals surface area (Å²) in [6.07, 6.45) is 3.64. The van der Waals surface area contributed by atoms with Crippen LogP contribution in [0.5, 0.6) is 0 Å². The molecule has 1 aliphatic heterocycles. The average molecular weight is 297 g/mol. The van der Waals surface area contributed by atoms with Crippen molar-refractivity contribution in [2.24, 2.45) is 13.0 Å². The number of hydrogen-bond acceptors (Lipinski definition) is 3. The fourth-order valence-electron chi connectivity index (χ4n) is 3.46. The number of aromatic nitrogens is 2. The lowest BCUT2D eigenvalue weighted by Crippen LogP contribution is -2.60. The van der Waals surface area contributed by atoms with E-state index in [2.05, 4.69) is 29.2 Å². The van der Waals surface area contributed by atoms with Crippen LogP contribution in [0.4, 0.5) is 0 Å². The van der Waals surface area contributed by atoms with Crippen LogP contribution in [-0.4, -0.2) is 39.9 Å². The fourth-order valence-corrected chi connectivity index (χ4v) is 3.82. The molecule has 1 saturated heterocycles. The molecule has 0 spiro atoms. The van der Waals surface area contributed by atoms with E-state index in [1.165, 1.54) is 12.8 Å². The van der Waals surface area contributed by atoms with Gasteiger partial charge in [0.25, 0.3) is 0 Å². The van der Waals surface area contributed by atoms with Crippen molar-refractivity contribution in [1.29, 1.82) is 0 Å². The molecule has 2 fully saturated rings. The lowest BCUT2D eigenvalue weighted by molar-refractivity contribution is 0.0463. The van der Waals surface area contributed by atoms with E-state index in [9.17, 15) is 0 Å². The van der Waals surface area contributed by atoms with Crippen LogP contribution in [0.1, 0.15) is 38.1 Å². The average Bonchev–Trinajstić information content (AvgIpc) is 3.24. The summed E-state index contributed by atoms with van der Waals surface area (Å²) in [6, 6.07) is 0. The molecule has 1 aliphatic carbocycles. The Kier molecular flexibility index (Phi) is 3.82. The lowest BCUT2D eigenvalue weighted by Gasteiger charge is -2.46. The van der Waals surface area contributed by atoms with Crippen molar-refractivity contribution in [2.45, 2.75) is 45.2 Å². The molecule has 3 rings (SSSR count). The largest absolute Gasteiger partial charge is 0.314 e. The van der Waals surface area contributed by atoms with Crippen LogP contribution in [0.25, 0.3) is 0 Å². The van der Waals surface area contributed by atoms with Gasteiger partial charge >= 0.3 is 0 Å². The summed E-state index contributed by atoms with van der Waals surface area (Å²) in [5, 5.41) is 8.97. The highest BCUT2D eigenvalue weighted by molar-refractivity contribution is 6.31. The van der Waals surface area contributed by atoms with Crippen molar-refractivity contribution >= 4 is 11.6 Å². The molecule has 1 aromatic rings. The van der Waals surface area contributed by atoms with E-state index in [1.54, 1.807) is 0 Å². The molecule has 1 aromatic heterocycles. The summed E-state index contributed by atoms with van der Waals surface area (Å²) in [4.78, 5) is 2.61. The third-order valence-electron chi connectivity index (χ3n) is 5.06. The summed E-state index contributed by atoms with van der Waals surface area (Å²) in [5.74, 6) is 0.841. The molecule has 1 saturated carbocycles. The van der Waals surface area contributed by atoms with E-state index in [0.29, 0.717) is 0 Å². The third kappa shape index (κ3) is 2.38. The summed E-state index contributed by atoms with van der Waals surface area (Å²) in [5.41, 5.74) is 2.46. The van der Waals surface area contributed by atoms with Crippen molar-refractivity contribution in [2.75, 3.05) is 19.6 Å². The van der Waals surface area contributed by atoms with E-state index in [-0.39, 0.29) is 5.54 Å². The number of rotatable bonds is 4. The van der Waals surface area contributed by atoms with Gasteiger partial charge in [0.15, 0.2) is 0 Å². The minimum atomic E-state index is 0.276. The van der Waals surface area contributed by atoms with Gasteiger partial charge < -0.3 is 5.32 Å². The smallest absolute Gasteiger partial charge is 0.0863 e. The minimum Gasteiger partial charge on any atom is -0.314 e. The van der Waals surface area contributed by atoms with Crippen LogP contribution in [-0.2, 0) is 20.0 Å². The van der Waals surface area contributed by atoms with E-state index in [4.69, 9.17) is 11.6 Å². The van der Waals surface area contributed by atoms with E-state index in [1.807, 2.05) is 11.7 Å². The van der Waals surface area contributed by atoms with Crippen molar-refractivity contribution in [3.05, 3.63) is 16.4 Å². The highest BCUT2D eigenvalue weighted by Crippen LogP contribution is 2.44. The molecule has 0 radical (unpaired) electrons. The summed E-state index contributed by atoms with van der Waals surface area (Å²) in [6.45, 7) is 8.68. The Morgan fingerprint density at radius 3 is 2.80 bits per heavy atom. The normalized spacial score (nSPS) is 28.0. The first-order valence-corrected chi connectivity index (χ1v) is 8.10. The number of piperazine rings is 1. The van der Waals surface area contributed by atoms with E-state index < -0.39 is 0 Å². The van der Waals surface area contributed by atoms with Crippen molar-refractivity contribution < 1.29 is 0 Å². The number of hydrogen-bond donors (Lipinski definition) is 1. The Morgan fingerprint density at radius 1 is 1.45 bits per heavy atom. The van der Waals surface area contributed by atoms with Gasteiger partial charge in [-0.05, 0) is 32.1 Å². The van der Waals surface area contributed by atoms with Crippen molar-refractivity contribution in [3.63, 3.8) is 0 Å². The molecular weight excluding hydrogens is 272 g/mol. The molecule has 2 heterocycles. The standard InChI is InChI=1S/C15H25ClN4/c1-4-12-14(16)13(19(3)18-12)9-20-8-7-17-10-15(20,2)11-5-6-11/h11,17H,4-10H2,1-3H3. The Balaban J connectivity index is 1.84. The molecule has 0 bridgehead atoms. The molecule has 1 N–H and O–H groups in total. The van der Waals surface area contributed by atoms with Crippen LogP contribution in [0, 0.1) is 5.92 Å². The maximum atomic E-state index is 6.51. The molecule has 4 nitrogen and oxygen atoms in total. The fraction of sp³-hybridized carbons (Fsp3) is 0.800. The zero-order valence-electron chi connectivity index (χ0n) is 12.7. The van der Waals surface area contributed by atoms with E-state index >= 15 is 0 Å². The number of nitrogens with one attached hydrogen (secondary N) is 1. The SMILES string of the molecule is CCc1nn(C)c(CN2CCNCC2(C)C2CC2)c1Cl. The topological polar surface area (TPSA) is 33.1 Å². The molecule has 1 atom stereocenters. The molecule has 112 valence electrons. The van der Waals surface area contributed by atoms with Crippen LogP contribution < -0.4 is 5.32 Å². The summed E-state index contributed by atoms with van der Waals surface area (Å²) in [7, 11) is 2.01. The first-order valence-electron chi connectivity index (χ1n) is 7.72. The Labute approximate surface area is 126 Å². The third-order valence-corrected chi connectivity index (χ3v) is 5.50. The molecule has 2 aliphatic rings. The molecule has 5 heteroatoms. The second kappa shape index (κ2) is 5.32. The highest BCUT2D eigenvalue weighted by atomic mass is 35.5. The summed E-state index contributed by atoms with van der Waals surface area (Å²) < 4.78 is 1.97. The van der Waals surface area contributed by atoms with Gasteiger partial charge in [0, 0.05) is 38.8 Å². The van der Waals surface area contributed by atoms with Gasteiger partial charge in [-0.3, -0.25) is 9.58 Å². The van der Waals surface area contributed by atoms with Gasteiger partial charge in [0.1, 0.15) is 0 Å². The Bertz CT molecular complexity index is 494. The molecule has 0 amide bonds. The van der Waals surface area contributed by atoms with Crippen molar-refractivity contribution in [1.82, 2.24) is 20.0 Å². The molecule has 20 heavy (non-hydrogen) atoms. The maximum absolute atomic E-state index is 6.51. The number of halogens is 1.